The van der Waals surface area contributed by atoms with Gasteiger partial charge < -0.3 is 38.0 Å². The van der Waals surface area contributed by atoms with Crippen molar-refractivity contribution >= 4 is 78.1 Å². The molecular weight excluding hydrogens is 909 g/mol. The van der Waals surface area contributed by atoms with E-state index in [4.69, 9.17) is 28.9 Å². The third-order valence-corrected chi connectivity index (χ3v) is 15.4. The number of nitrogens with one attached hydrogen (secondary N) is 2. The maximum Gasteiger partial charge on any atom is 0.305 e. The maximum absolute atomic E-state index is 13.8. The number of hydrogen-bond donors (Lipinski definition) is 2. The molecule has 2 unspecified atom stereocenters. The highest BCUT2D eigenvalue weighted by Crippen LogP contribution is 2.45. The molecule has 2 atom stereocenters. The fourth-order valence-electron chi connectivity index (χ4n) is 11.4. The number of aromatic amines is 2. The van der Waals surface area contributed by atoms with Gasteiger partial charge in [0.05, 0.1) is 59.2 Å². The van der Waals surface area contributed by atoms with Crippen molar-refractivity contribution in [2.45, 2.75) is 91.3 Å². The number of benzene rings is 2. The second-order valence-electron chi connectivity index (χ2n) is 19.4. The lowest BCUT2D eigenvalue weighted by atomic mass is 9.94. The molecule has 7 aromatic rings. The molecule has 8 bridgehead atoms. The van der Waals surface area contributed by atoms with Gasteiger partial charge in [-0.2, -0.15) is 0 Å². The van der Waals surface area contributed by atoms with Crippen molar-refractivity contribution < 1.29 is 28.5 Å². The normalized spacial score (nSPS) is 16.4. The summed E-state index contributed by atoms with van der Waals surface area (Å²) in [5, 5.41) is 1.76. The van der Waals surface area contributed by atoms with E-state index in [2.05, 4.69) is 42.0 Å². The molecule has 0 saturated heterocycles. The fourth-order valence-corrected chi connectivity index (χ4v) is 11.4. The Kier molecular flexibility index (Phi) is 11.6. The minimum atomic E-state index is -0.436. The lowest BCUT2D eigenvalue weighted by Crippen LogP contribution is -2.27. The molecule has 0 spiro atoms. The monoisotopic (exact) mass is 964 g/mol. The number of para-hydroxylation sites is 2. The van der Waals surface area contributed by atoms with Gasteiger partial charge in [0.15, 0.2) is 0 Å². The predicted octanol–water partition coefficient (Wildman–Crippen LogP) is 10.5. The van der Waals surface area contributed by atoms with Gasteiger partial charge in [0, 0.05) is 70.9 Å². The van der Waals surface area contributed by atoms with Gasteiger partial charge in [-0.1, -0.05) is 24.3 Å². The van der Waals surface area contributed by atoms with Gasteiger partial charge in [0.25, 0.3) is 11.1 Å². The third kappa shape index (κ3) is 7.62. The van der Waals surface area contributed by atoms with Crippen LogP contribution in [-0.4, -0.2) is 55.2 Å². The summed E-state index contributed by atoms with van der Waals surface area (Å²) in [7, 11) is 6.39. The Bertz CT molecular complexity index is 3870. The van der Waals surface area contributed by atoms with Crippen LogP contribution in [0.1, 0.15) is 121 Å². The number of rotatable bonds is 8. The van der Waals surface area contributed by atoms with Crippen molar-refractivity contribution in [1.82, 2.24) is 29.1 Å². The molecular formula is C58H56N6O8. The SMILES string of the molecule is COC(=O)CCC1=C(C)c2cc3[nH]c(cc4[nH]c(cc5nc(cc1n2)C(CCC(=O)OC)=C5C)c(C1CCc2c(c5ccccc5n(C)c2=O)O1)c4C)c(C1CCc2c(c4ccccc4n(C)c2=O)O1)c3C. The molecule has 72 heavy (non-hydrogen) atoms. The van der Waals surface area contributed by atoms with Crippen LogP contribution in [0.25, 0.3) is 66.2 Å². The Morgan fingerprint density at radius 2 is 1.01 bits per heavy atom. The molecule has 5 aromatic heterocycles. The van der Waals surface area contributed by atoms with E-state index in [1.165, 1.54) is 14.2 Å². The number of carbonyl (C=O) groups is 2. The van der Waals surface area contributed by atoms with Crippen LogP contribution in [0.5, 0.6) is 11.5 Å². The number of fused-ring (bicyclic) bond motifs is 14. The molecule has 366 valence electrons. The van der Waals surface area contributed by atoms with Gasteiger partial charge in [-0.15, -0.1) is 0 Å². The highest BCUT2D eigenvalue weighted by molar-refractivity contribution is 5.97. The van der Waals surface area contributed by atoms with E-state index >= 15 is 0 Å². The first-order valence-corrected chi connectivity index (χ1v) is 24.6. The molecule has 0 fully saturated rings. The Morgan fingerprint density at radius 1 is 0.597 bits per heavy atom. The van der Waals surface area contributed by atoms with E-state index in [-0.39, 0.29) is 35.9 Å². The molecule has 2 aromatic carbocycles. The summed E-state index contributed by atoms with van der Waals surface area (Å²) in [5.41, 5.74) is 16.3. The molecule has 14 nitrogen and oxygen atoms in total. The minimum absolute atomic E-state index is 0.0594. The Labute approximate surface area is 415 Å². The van der Waals surface area contributed by atoms with Gasteiger partial charge >= 0.3 is 11.9 Å². The first-order valence-electron chi connectivity index (χ1n) is 24.6. The molecule has 9 heterocycles. The quantitative estimate of drug-likeness (QED) is 0.140. The van der Waals surface area contributed by atoms with Crippen LogP contribution in [0.3, 0.4) is 0 Å². The number of allylic oxidation sites excluding steroid dienone is 4. The van der Waals surface area contributed by atoms with Gasteiger partial charge in [-0.3, -0.25) is 19.2 Å². The van der Waals surface area contributed by atoms with Crippen molar-refractivity contribution in [2.24, 2.45) is 14.1 Å². The van der Waals surface area contributed by atoms with Crippen LogP contribution in [0.2, 0.25) is 0 Å². The first kappa shape index (κ1) is 46.4. The summed E-state index contributed by atoms with van der Waals surface area (Å²) in [6, 6.07) is 23.9. The van der Waals surface area contributed by atoms with Crippen molar-refractivity contribution in [1.29, 1.82) is 0 Å². The van der Waals surface area contributed by atoms with Crippen LogP contribution < -0.4 is 20.6 Å². The second-order valence-corrected chi connectivity index (χ2v) is 19.4. The lowest BCUT2D eigenvalue weighted by Gasteiger charge is -2.28. The number of aromatic nitrogens is 6. The molecule has 0 radical (unpaired) electrons. The average molecular weight is 965 g/mol. The van der Waals surface area contributed by atoms with Crippen molar-refractivity contribution in [3.05, 3.63) is 150 Å². The number of nitrogens with zero attached hydrogens (tertiary/aromatic N) is 4. The van der Waals surface area contributed by atoms with E-state index in [0.29, 0.717) is 78.2 Å². The summed E-state index contributed by atoms with van der Waals surface area (Å²) in [6.07, 6.45) is 2.41. The Hall–Kier alpha value is -8.00. The molecule has 0 amide bonds. The number of aryl methyl sites for hydroxylation is 4. The lowest BCUT2D eigenvalue weighted by molar-refractivity contribution is -0.141. The Balaban J connectivity index is 1.18. The molecule has 14 heteroatoms. The van der Waals surface area contributed by atoms with Crippen molar-refractivity contribution in [3.63, 3.8) is 0 Å². The highest BCUT2D eigenvalue weighted by Gasteiger charge is 2.33. The molecule has 0 saturated carbocycles. The number of H-pyrrole nitrogens is 2. The van der Waals surface area contributed by atoms with Gasteiger partial charge in [0.2, 0.25) is 0 Å². The summed E-state index contributed by atoms with van der Waals surface area (Å²) in [4.78, 5) is 71.1. The zero-order chi connectivity index (χ0) is 50.3. The average Bonchev–Trinajstić information content (AvgIpc) is 4.07. The van der Waals surface area contributed by atoms with Gasteiger partial charge in [-0.25, -0.2) is 9.97 Å². The number of esters is 2. The van der Waals surface area contributed by atoms with Crippen molar-refractivity contribution in [3.8, 4) is 11.5 Å². The van der Waals surface area contributed by atoms with E-state index in [0.717, 1.165) is 94.1 Å². The van der Waals surface area contributed by atoms with E-state index in [1.54, 1.807) is 16.2 Å². The highest BCUT2D eigenvalue weighted by atomic mass is 16.5. The van der Waals surface area contributed by atoms with Crippen LogP contribution >= 0.6 is 0 Å². The summed E-state index contributed by atoms with van der Waals surface area (Å²) >= 11 is 0. The van der Waals surface area contributed by atoms with Crippen molar-refractivity contribution in [2.75, 3.05) is 14.2 Å². The number of hydrogen-bond acceptors (Lipinski definition) is 10. The molecule has 4 aliphatic heterocycles. The van der Waals surface area contributed by atoms with E-state index in [1.807, 2.05) is 75.5 Å². The zero-order valence-electron chi connectivity index (χ0n) is 41.8. The minimum Gasteiger partial charge on any atom is -0.484 e. The third-order valence-electron chi connectivity index (χ3n) is 15.4. The predicted molar refractivity (Wildman–Crippen MR) is 280 cm³/mol. The van der Waals surface area contributed by atoms with Gasteiger partial charge in [-0.05, 0) is 148 Å². The van der Waals surface area contributed by atoms with E-state index in [9.17, 15) is 19.2 Å². The largest absolute Gasteiger partial charge is 0.484 e. The topological polar surface area (TPSA) is 172 Å². The van der Waals surface area contributed by atoms with Crippen LogP contribution in [-0.2, 0) is 46.0 Å². The second kappa shape index (κ2) is 18.0. The smallest absolute Gasteiger partial charge is 0.305 e. The van der Waals surface area contributed by atoms with Gasteiger partial charge in [0.1, 0.15) is 23.7 Å². The summed E-state index contributed by atoms with van der Waals surface area (Å²) in [5.74, 6) is 0.553. The number of methoxy groups -OCH3 is 2. The summed E-state index contributed by atoms with van der Waals surface area (Å²) < 4.78 is 27.7. The first-order chi connectivity index (χ1) is 34.7. The zero-order valence-corrected chi connectivity index (χ0v) is 41.8. The van der Waals surface area contributed by atoms with Crippen LogP contribution in [0.4, 0.5) is 0 Å². The van der Waals surface area contributed by atoms with Crippen LogP contribution in [0.15, 0.2) is 82.4 Å². The molecule has 0 aliphatic carbocycles. The molecule has 2 N–H and O–H groups in total. The Morgan fingerprint density at radius 3 is 1.47 bits per heavy atom. The molecule has 11 rings (SSSR count). The number of carbonyl (C=O) groups excluding carboxylic acids is 2. The van der Waals surface area contributed by atoms with Crippen LogP contribution in [0, 0.1) is 13.8 Å². The number of ether oxygens (including phenoxy) is 4. The van der Waals surface area contributed by atoms with E-state index < -0.39 is 12.2 Å². The standard InChI is InChI=1S/C58H56N6O8/c1-29-33(19-23-51(65)69-7)43-28-44-34(20-24-52(66)70-8)30(2)40(60-44)26-45-54(50-22-18-38-56(72-50)36-14-10-12-16-48(36)64(6)58(38)68)32(4)42(62-45)27-46-53(31(3)41(61-46)25-39(29)59-43)49-21-17-37-55(71-49)35-13-9-11-15-47(35)63(5)57(37)67/h9-16,25-28,49-50,61-62H,17-24H2,1-8H3. The number of pyridine rings is 2. The maximum atomic E-state index is 13.8. The molecule has 4 aliphatic rings. The summed E-state index contributed by atoms with van der Waals surface area (Å²) in [6.45, 7) is 8.23. The fraction of sp³-hybridized carbons (Fsp3) is 0.310.